The van der Waals surface area contributed by atoms with Crippen LogP contribution in [0.25, 0.3) is 10.8 Å². The summed E-state index contributed by atoms with van der Waals surface area (Å²) >= 11 is 0. The first-order chi connectivity index (χ1) is 20.5. The fourth-order valence-corrected chi connectivity index (χ4v) is 6.81. The molecule has 8 nitrogen and oxygen atoms in total. The third kappa shape index (κ3) is 5.86. The lowest BCUT2D eigenvalue weighted by atomic mass is 9.97. The number of anilines is 2. The summed E-state index contributed by atoms with van der Waals surface area (Å²) < 4.78 is 0. The van der Waals surface area contributed by atoms with Crippen molar-refractivity contribution in [3.8, 4) is 0 Å². The Morgan fingerprint density at radius 1 is 1.05 bits per heavy atom. The Morgan fingerprint density at radius 2 is 1.86 bits per heavy atom. The summed E-state index contributed by atoms with van der Waals surface area (Å²) in [6, 6.07) is 15.4. The minimum Gasteiger partial charge on any atom is -0.368 e. The SMILES string of the molecule is C=CC(=O)N1CCN(c2cc(C(=O)NCCC3CCCCN3)nc3c2CCN(c2cccc4cccc(C)c24)C3)CC1. The largest absolute Gasteiger partial charge is 0.368 e. The molecule has 3 aromatic rings. The summed E-state index contributed by atoms with van der Waals surface area (Å²) in [4.78, 5) is 37.2. The van der Waals surface area contributed by atoms with E-state index in [0.29, 0.717) is 37.9 Å². The lowest BCUT2D eigenvalue weighted by Crippen LogP contribution is -2.49. The van der Waals surface area contributed by atoms with Crippen LogP contribution in [-0.2, 0) is 17.8 Å². The lowest BCUT2D eigenvalue weighted by Gasteiger charge is -2.39. The number of hydrogen-bond acceptors (Lipinski definition) is 6. The van der Waals surface area contributed by atoms with Crippen LogP contribution in [0.4, 0.5) is 11.4 Å². The van der Waals surface area contributed by atoms with Crippen LogP contribution in [0.1, 0.15) is 53.0 Å². The second-order valence-corrected chi connectivity index (χ2v) is 11.8. The van der Waals surface area contributed by atoms with Crippen molar-refractivity contribution in [3.63, 3.8) is 0 Å². The van der Waals surface area contributed by atoms with Gasteiger partial charge in [0.2, 0.25) is 5.91 Å². The van der Waals surface area contributed by atoms with Gasteiger partial charge < -0.3 is 25.3 Å². The van der Waals surface area contributed by atoms with Crippen LogP contribution in [0.5, 0.6) is 0 Å². The smallest absolute Gasteiger partial charge is 0.269 e. The number of hydrogen-bond donors (Lipinski definition) is 2. The molecule has 3 aliphatic rings. The number of piperidine rings is 1. The number of aryl methyl sites for hydroxylation is 1. The molecular formula is C34H42N6O2. The Kier molecular flexibility index (Phi) is 8.42. The number of benzene rings is 2. The molecule has 220 valence electrons. The molecule has 1 atom stereocenters. The zero-order valence-electron chi connectivity index (χ0n) is 24.7. The number of piperazine rings is 1. The van der Waals surface area contributed by atoms with Gasteiger partial charge in [0.05, 0.1) is 12.2 Å². The van der Waals surface area contributed by atoms with Crippen LogP contribution in [0.2, 0.25) is 0 Å². The van der Waals surface area contributed by atoms with Crippen molar-refractivity contribution in [2.24, 2.45) is 0 Å². The van der Waals surface area contributed by atoms with Gasteiger partial charge in [-0.15, -0.1) is 0 Å². The standard InChI is InChI=1S/C34H42N6O2/c1-3-32(41)39-20-18-38(19-21-39)31-22-28(34(42)36-16-13-26-11-4-5-15-35-26)37-29-23-40(17-14-27(29)31)30-12-7-10-25-9-6-8-24(2)33(25)30/h3,6-10,12,22,26,35H,1,4-5,11,13-21,23H2,2H3,(H,36,42). The van der Waals surface area contributed by atoms with Crippen LogP contribution < -0.4 is 20.4 Å². The van der Waals surface area contributed by atoms with Crippen LogP contribution in [0, 0.1) is 6.92 Å². The van der Waals surface area contributed by atoms with E-state index in [4.69, 9.17) is 4.98 Å². The summed E-state index contributed by atoms with van der Waals surface area (Å²) in [5, 5.41) is 9.23. The average molecular weight is 567 g/mol. The molecule has 3 aliphatic heterocycles. The molecule has 4 heterocycles. The maximum Gasteiger partial charge on any atom is 0.269 e. The van der Waals surface area contributed by atoms with Gasteiger partial charge in [0.15, 0.2) is 0 Å². The number of carbonyl (C=O) groups is 2. The van der Waals surface area contributed by atoms with Crippen LogP contribution in [0.15, 0.2) is 55.1 Å². The summed E-state index contributed by atoms with van der Waals surface area (Å²) in [6.45, 7) is 11.8. The summed E-state index contributed by atoms with van der Waals surface area (Å²) in [6.07, 6.45) is 6.81. The number of fused-ring (bicyclic) bond motifs is 2. The zero-order chi connectivity index (χ0) is 29.1. The maximum atomic E-state index is 13.5. The second-order valence-electron chi connectivity index (χ2n) is 11.8. The summed E-state index contributed by atoms with van der Waals surface area (Å²) in [7, 11) is 0. The predicted molar refractivity (Wildman–Crippen MR) is 169 cm³/mol. The van der Waals surface area contributed by atoms with E-state index in [1.54, 1.807) is 0 Å². The Bertz CT molecular complexity index is 1470. The monoisotopic (exact) mass is 566 g/mol. The highest BCUT2D eigenvalue weighted by Crippen LogP contribution is 2.35. The molecule has 6 rings (SSSR count). The Labute approximate surface area is 248 Å². The molecule has 0 radical (unpaired) electrons. The van der Waals surface area contributed by atoms with Gasteiger partial charge in [0.1, 0.15) is 5.69 Å². The summed E-state index contributed by atoms with van der Waals surface area (Å²) in [5.41, 5.74) is 6.21. The molecule has 1 unspecified atom stereocenters. The van der Waals surface area contributed by atoms with Crippen molar-refractivity contribution < 1.29 is 9.59 Å². The van der Waals surface area contributed by atoms with E-state index in [9.17, 15) is 9.59 Å². The van der Waals surface area contributed by atoms with Gasteiger partial charge in [-0.1, -0.05) is 43.3 Å². The van der Waals surface area contributed by atoms with Gasteiger partial charge in [0, 0.05) is 67.6 Å². The van der Waals surface area contributed by atoms with Gasteiger partial charge >= 0.3 is 0 Å². The molecule has 42 heavy (non-hydrogen) atoms. The number of carbonyl (C=O) groups excluding carboxylic acids is 2. The maximum absolute atomic E-state index is 13.5. The van der Waals surface area contributed by atoms with Crippen molar-refractivity contribution >= 4 is 34.0 Å². The van der Waals surface area contributed by atoms with E-state index in [1.807, 2.05) is 11.0 Å². The number of pyridine rings is 1. The number of nitrogens with one attached hydrogen (secondary N) is 2. The van der Waals surface area contributed by atoms with Crippen molar-refractivity contribution in [2.45, 2.75) is 51.6 Å². The molecular weight excluding hydrogens is 524 g/mol. The number of rotatable bonds is 7. The molecule has 0 spiro atoms. The molecule has 8 heteroatoms. The highest BCUT2D eigenvalue weighted by atomic mass is 16.2. The van der Waals surface area contributed by atoms with Gasteiger partial charge in [-0.2, -0.15) is 0 Å². The van der Waals surface area contributed by atoms with E-state index in [0.717, 1.165) is 50.4 Å². The zero-order valence-corrected chi connectivity index (χ0v) is 24.7. The molecule has 2 saturated heterocycles. The quantitative estimate of drug-likeness (QED) is 0.418. The van der Waals surface area contributed by atoms with E-state index in [2.05, 4.69) is 70.3 Å². The number of aromatic nitrogens is 1. The van der Waals surface area contributed by atoms with E-state index < -0.39 is 0 Å². The third-order valence-corrected chi connectivity index (χ3v) is 9.12. The van der Waals surface area contributed by atoms with Crippen molar-refractivity contribution in [3.05, 3.63) is 77.6 Å². The number of nitrogens with zero attached hydrogens (tertiary/aromatic N) is 4. The van der Waals surface area contributed by atoms with Gasteiger partial charge in [0.25, 0.3) is 5.91 Å². The molecule has 2 amide bonds. The molecule has 2 fully saturated rings. The fourth-order valence-electron chi connectivity index (χ4n) is 6.81. The Hall–Kier alpha value is -3.91. The summed E-state index contributed by atoms with van der Waals surface area (Å²) in [5.74, 6) is -0.145. The highest BCUT2D eigenvalue weighted by molar-refractivity contribution is 5.97. The fraction of sp³-hybridized carbons (Fsp3) is 0.441. The lowest BCUT2D eigenvalue weighted by molar-refractivity contribution is -0.126. The highest BCUT2D eigenvalue weighted by Gasteiger charge is 2.28. The van der Waals surface area contributed by atoms with Crippen LogP contribution >= 0.6 is 0 Å². The average Bonchev–Trinajstić information content (AvgIpc) is 3.04. The van der Waals surface area contributed by atoms with Crippen LogP contribution in [-0.4, -0.2) is 73.6 Å². The van der Waals surface area contributed by atoms with Crippen molar-refractivity contribution in [1.29, 1.82) is 0 Å². The van der Waals surface area contributed by atoms with Gasteiger partial charge in [-0.05, 0) is 68.3 Å². The third-order valence-electron chi connectivity index (χ3n) is 9.12. The van der Waals surface area contributed by atoms with Crippen molar-refractivity contribution in [1.82, 2.24) is 20.5 Å². The molecule has 0 bridgehead atoms. The first kappa shape index (κ1) is 28.2. The molecule has 2 aromatic carbocycles. The molecule has 1 aromatic heterocycles. The second kappa shape index (κ2) is 12.5. The first-order valence-electron chi connectivity index (χ1n) is 15.5. The Morgan fingerprint density at radius 3 is 2.62 bits per heavy atom. The first-order valence-corrected chi connectivity index (χ1v) is 15.5. The van der Waals surface area contributed by atoms with Crippen LogP contribution in [0.3, 0.4) is 0 Å². The van der Waals surface area contributed by atoms with Gasteiger partial charge in [-0.3, -0.25) is 9.59 Å². The minimum absolute atomic E-state index is 0.0278. The Balaban J connectivity index is 1.28. The molecule has 0 saturated carbocycles. The van der Waals surface area contributed by atoms with E-state index in [1.165, 1.54) is 52.9 Å². The van der Waals surface area contributed by atoms with Crippen molar-refractivity contribution in [2.75, 3.05) is 55.6 Å². The minimum atomic E-state index is -0.117. The van der Waals surface area contributed by atoms with E-state index >= 15 is 0 Å². The van der Waals surface area contributed by atoms with E-state index in [-0.39, 0.29) is 11.8 Å². The normalized spacial score (nSPS) is 19.0. The predicted octanol–water partition coefficient (Wildman–Crippen LogP) is 4.20. The number of amides is 2. The molecule has 0 aliphatic carbocycles. The topological polar surface area (TPSA) is 80.8 Å². The van der Waals surface area contributed by atoms with Gasteiger partial charge in [-0.25, -0.2) is 4.98 Å². The molecule has 2 N–H and O–H groups in total.